The highest BCUT2D eigenvalue weighted by molar-refractivity contribution is 5.75. The SMILES string of the molecule is CC(C)NC(=O)N1CCCC1c1nc(CCOCC2CC2)no1. The van der Waals surface area contributed by atoms with E-state index in [4.69, 9.17) is 9.26 Å². The number of nitrogens with zero attached hydrogens (tertiary/aromatic N) is 3. The van der Waals surface area contributed by atoms with Gasteiger partial charge in [-0.25, -0.2) is 4.79 Å². The summed E-state index contributed by atoms with van der Waals surface area (Å²) in [4.78, 5) is 18.5. The Morgan fingerprint density at radius 2 is 2.26 bits per heavy atom. The third-order valence-electron chi connectivity index (χ3n) is 4.22. The summed E-state index contributed by atoms with van der Waals surface area (Å²) >= 11 is 0. The van der Waals surface area contributed by atoms with E-state index in [0.29, 0.717) is 24.7 Å². The lowest BCUT2D eigenvalue weighted by molar-refractivity contribution is 0.125. The molecule has 7 heteroatoms. The second-order valence-corrected chi connectivity index (χ2v) is 6.77. The zero-order valence-electron chi connectivity index (χ0n) is 14.0. The molecule has 23 heavy (non-hydrogen) atoms. The molecule has 1 saturated carbocycles. The highest BCUT2D eigenvalue weighted by atomic mass is 16.5. The van der Waals surface area contributed by atoms with Crippen molar-refractivity contribution in [2.24, 2.45) is 5.92 Å². The number of hydrogen-bond acceptors (Lipinski definition) is 5. The predicted molar refractivity (Wildman–Crippen MR) is 83.9 cm³/mol. The first-order valence-electron chi connectivity index (χ1n) is 8.61. The average molecular weight is 322 g/mol. The second-order valence-electron chi connectivity index (χ2n) is 6.77. The first-order chi connectivity index (χ1) is 11.1. The minimum absolute atomic E-state index is 0.0602. The van der Waals surface area contributed by atoms with Crippen LogP contribution in [-0.4, -0.2) is 46.9 Å². The van der Waals surface area contributed by atoms with E-state index < -0.39 is 0 Å². The van der Waals surface area contributed by atoms with Gasteiger partial charge in [-0.05, 0) is 45.4 Å². The van der Waals surface area contributed by atoms with Gasteiger partial charge in [-0.2, -0.15) is 4.98 Å². The summed E-state index contributed by atoms with van der Waals surface area (Å²) in [5.74, 6) is 1.97. The van der Waals surface area contributed by atoms with Crippen LogP contribution in [0.4, 0.5) is 4.79 Å². The zero-order valence-corrected chi connectivity index (χ0v) is 14.0. The molecule has 1 saturated heterocycles. The maximum atomic E-state index is 12.2. The number of rotatable bonds is 7. The molecule has 128 valence electrons. The van der Waals surface area contributed by atoms with E-state index >= 15 is 0 Å². The molecule has 1 aromatic heterocycles. The van der Waals surface area contributed by atoms with E-state index in [-0.39, 0.29) is 18.1 Å². The number of carbonyl (C=O) groups excluding carboxylic acids is 1. The molecule has 2 amide bonds. The third kappa shape index (κ3) is 4.43. The van der Waals surface area contributed by atoms with Gasteiger partial charge >= 0.3 is 6.03 Å². The molecule has 0 radical (unpaired) electrons. The molecular weight excluding hydrogens is 296 g/mol. The van der Waals surface area contributed by atoms with E-state index in [1.54, 1.807) is 4.90 Å². The fraction of sp³-hybridized carbons (Fsp3) is 0.812. The molecule has 0 aromatic carbocycles. The predicted octanol–water partition coefficient (Wildman–Crippen LogP) is 2.29. The highest BCUT2D eigenvalue weighted by Gasteiger charge is 2.34. The molecule has 0 bridgehead atoms. The molecule has 1 aromatic rings. The van der Waals surface area contributed by atoms with Crippen molar-refractivity contribution >= 4 is 6.03 Å². The first-order valence-corrected chi connectivity index (χ1v) is 8.61. The van der Waals surface area contributed by atoms with Crippen LogP contribution in [0.15, 0.2) is 4.52 Å². The fourth-order valence-electron chi connectivity index (χ4n) is 2.80. The Hall–Kier alpha value is -1.63. The molecule has 1 atom stereocenters. The highest BCUT2D eigenvalue weighted by Crippen LogP contribution is 2.31. The molecular formula is C16H26N4O3. The van der Waals surface area contributed by atoms with Crippen LogP contribution in [0.25, 0.3) is 0 Å². The Kier molecular flexibility index (Phi) is 5.15. The first kappa shape index (κ1) is 16.2. The molecule has 2 heterocycles. The Morgan fingerprint density at radius 1 is 1.43 bits per heavy atom. The smallest absolute Gasteiger partial charge is 0.318 e. The van der Waals surface area contributed by atoms with Gasteiger partial charge in [-0.1, -0.05) is 5.16 Å². The second kappa shape index (κ2) is 7.29. The minimum Gasteiger partial charge on any atom is -0.381 e. The summed E-state index contributed by atoms with van der Waals surface area (Å²) in [7, 11) is 0. The van der Waals surface area contributed by atoms with Crippen molar-refractivity contribution in [3.8, 4) is 0 Å². The molecule has 2 fully saturated rings. The molecule has 3 rings (SSSR count). The quantitative estimate of drug-likeness (QED) is 0.779. The number of aromatic nitrogens is 2. The Labute approximate surface area is 136 Å². The van der Waals surface area contributed by atoms with Crippen molar-refractivity contribution in [2.75, 3.05) is 19.8 Å². The molecule has 1 unspecified atom stereocenters. The van der Waals surface area contributed by atoms with Crippen LogP contribution in [0.2, 0.25) is 0 Å². The number of carbonyl (C=O) groups is 1. The summed E-state index contributed by atoms with van der Waals surface area (Å²) in [6, 6.07) is -0.0528. The van der Waals surface area contributed by atoms with Gasteiger partial charge in [0.1, 0.15) is 6.04 Å². The zero-order chi connectivity index (χ0) is 16.2. The van der Waals surface area contributed by atoms with Crippen LogP contribution in [0.3, 0.4) is 0 Å². The normalized spacial score (nSPS) is 21.2. The summed E-state index contributed by atoms with van der Waals surface area (Å²) in [6.07, 6.45) is 5.06. The number of amides is 2. The summed E-state index contributed by atoms with van der Waals surface area (Å²) < 4.78 is 11.0. The Bertz CT molecular complexity index is 527. The lowest BCUT2D eigenvalue weighted by atomic mass is 10.2. The number of ether oxygens (including phenoxy) is 1. The van der Waals surface area contributed by atoms with Crippen molar-refractivity contribution in [1.82, 2.24) is 20.4 Å². The van der Waals surface area contributed by atoms with E-state index in [1.165, 1.54) is 12.8 Å². The van der Waals surface area contributed by atoms with Crippen molar-refractivity contribution in [1.29, 1.82) is 0 Å². The summed E-state index contributed by atoms with van der Waals surface area (Å²) in [5.41, 5.74) is 0. The van der Waals surface area contributed by atoms with Gasteiger partial charge in [-0.3, -0.25) is 0 Å². The van der Waals surface area contributed by atoms with Crippen LogP contribution in [0, 0.1) is 5.92 Å². The van der Waals surface area contributed by atoms with Crippen molar-refractivity contribution in [3.05, 3.63) is 11.7 Å². The van der Waals surface area contributed by atoms with Gasteiger partial charge in [0.05, 0.1) is 6.61 Å². The van der Waals surface area contributed by atoms with Crippen LogP contribution in [0.1, 0.15) is 57.3 Å². The number of hydrogen-bond donors (Lipinski definition) is 1. The topological polar surface area (TPSA) is 80.5 Å². The lowest BCUT2D eigenvalue weighted by Crippen LogP contribution is -2.42. The number of nitrogens with one attached hydrogen (secondary N) is 1. The van der Waals surface area contributed by atoms with Gasteiger partial charge in [0.2, 0.25) is 5.89 Å². The summed E-state index contributed by atoms with van der Waals surface area (Å²) in [5, 5.41) is 6.95. The average Bonchev–Trinajstić information content (AvgIpc) is 3.01. The Morgan fingerprint density at radius 3 is 3.00 bits per heavy atom. The summed E-state index contributed by atoms with van der Waals surface area (Å²) in [6.45, 7) is 6.10. The van der Waals surface area contributed by atoms with E-state index in [2.05, 4.69) is 15.5 Å². The van der Waals surface area contributed by atoms with Crippen LogP contribution < -0.4 is 5.32 Å². The van der Waals surface area contributed by atoms with Crippen LogP contribution in [0.5, 0.6) is 0 Å². The van der Waals surface area contributed by atoms with Crippen molar-refractivity contribution in [3.63, 3.8) is 0 Å². The molecule has 1 N–H and O–H groups in total. The monoisotopic (exact) mass is 322 g/mol. The number of likely N-dealkylation sites (tertiary alicyclic amines) is 1. The van der Waals surface area contributed by atoms with Crippen LogP contribution >= 0.6 is 0 Å². The van der Waals surface area contributed by atoms with Gasteiger partial charge in [-0.15, -0.1) is 0 Å². The van der Waals surface area contributed by atoms with Crippen molar-refractivity contribution in [2.45, 2.75) is 58.0 Å². The van der Waals surface area contributed by atoms with Crippen molar-refractivity contribution < 1.29 is 14.1 Å². The van der Waals surface area contributed by atoms with Gasteiger partial charge in [0.15, 0.2) is 5.82 Å². The van der Waals surface area contributed by atoms with E-state index in [1.807, 2.05) is 13.8 Å². The number of urea groups is 1. The third-order valence-corrected chi connectivity index (χ3v) is 4.22. The molecule has 1 aliphatic heterocycles. The van der Waals surface area contributed by atoms with Gasteiger partial charge < -0.3 is 19.5 Å². The maximum absolute atomic E-state index is 12.2. The van der Waals surface area contributed by atoms with Crippen LogP contribution in [-0.2, 0) is 11.2 Å². The Balaban J connectivity index is 1.52. The molecule has 1 aliphatic carbocycles. The molecule has 7 nitrogen and oxygen atoms in total. The molecule has 2 aliphatic rings. The molecule has 0 spiro atoms. The van der Waals surface area contributed by atoms with Gasteiger partial charge in [0, 0.05) is 25.6 Å². The van der Waals surface area contributed by atoms with E-state index in [9.17, 15) is 4.79 Å². The fourth-order valence-corrected chi connectivity index (χ4v) is 2.80. The standard InChI is InChI=1S/C16H26N4O3/c1-11(2)17-16(21)20-8-3-4-13(20)15-18-14(19-23-15)7-9-22-10-12-5-6-12/h11-13H,3-10H2,1-2H3,(H,17,21). The lowest BCUT2D eigenvalue weighted by Gasteiger charge is -2.23. The largest absolute Gasteiger partial charge is 0.381 e. The van der Waals surface area contributed by atoms with E-state index in [0.717, 1.165) is 31.9 Å². The minimum atomic E-state index is -0.109. The maximum Gasteiger partial charge on any atom is 0.318 e. The van der Waals surface area contributed by atoms with Gasteiger partial charge in [0.25, 0.3) is 0 Å².